The van der Waals surface area contributed by atoms with E-state index in [0.717, 1.165) is 6.04 Å². The van der Waals surface area contributed by atoms with Gasteiger partial charge in [0.1, 0.15) is 0 Å². The van der Waals surface area contributed by atoms with E-state index in [4.69, 9.17) is 13.3 Å². The van der Waals surface area contributed by atoms with Crippen LogP contribution in [0, 0.1) is 5.92 Å². The SMILES string of the molecule is CO[Si](CC1CCN(C)CC1)(OC)OC. The molecule has 0 unspecified atom stereocenters. The molecule has 15 heavy (non-hydrogen) atoms. The average molecular weight is 233 g/mol. The summed E-state index contributed by atoms with van der Waals surface area (Å²) in [5.41, 5.74) is 0. The molecule has 0 N–H and O–H groups in total. The van der Waals surface area contributed by atoms with Gasteiger partial charge in [0.2, 0.25) is 0 Å². The zero-order valence-corrected chi connectivity index (χ0v) is 11.3. The standard InChI is InChI=1S/C10H23NO3Si/c1-11-7-5-10(6-8-11)9-15(12-2,13-3)14-4/h10H,5-9H2,1-4H3. The first kappa shape index (κ1) is 13.1. The smallest absolute Gasteiger partial charge is 0.377 e. The van der Waals surface area contributed by atoms with Crippen molar-refractivity contribution >= 4 is 8.80 Å². The van der Waals surface area contributed by atoms with Gasteiger partial charge in [0, 0.05) is 27.4 Å². The van der Waals surface area contributed by atoms with Crippen LogP contribution in [0.1, 0.15) is 12.8 Å². The minimum atomic E-state index is -2.35. The van der Waals surface area contributed by atoms with Crippen molar-refractivity contribution in [3.63, 3.8) is 0 Å². The Morgan fingerprint density at radius 2 is 1.53 bits per heavy atom. The molecule has 0 aromatic rings. The number of likely N-dealkylation sites (tertiary alicyclic amines) is 1. The molecule has 0 aliphatic carbocycles. The molecule has 1 fully saturated rings. The summed E-state index contributed by atoms with van der Waals surface area (Å²) in [6.07, 6.45) is 2.45. The lowest BCUT2D eigenvalue weighted by atomic mass is 9.99. The summed E-state index contributed by atoms with van der Waals surface area (Å²) in [5, 5.41) is 0. The van der Waals surface area contributed by atoms with E-state index >= 15 is 0 Å². The van der Waals surface area contributed by atoms with Gasteiger partial charge in [0.15, 0.2) is 0 Å². The van der Waals surface area contributed by atoms with Gasteiger partial charge < -0.3 is 18.2 Å². The van der Waals surface area contributed by atoms with Gasteiger partial charge in [0.25, 0.3) is 0 Å². The van der Waals surface area contributed by atoms with Crippen molar-refractivity contribution in [2.24, 2.45) is 5.92 Å². The highest BCUT2D eigenvalue weighted by Crippen LogP contribution is 2.27. The van der Waals surface area contributed by atoms with E-state index in [9.17, 15) is 0 Å². The molecule has 4 nitrogen and oxygen atoms in total. The Balaban J connectivity index is 2.44. The Bertz CT molecular complexity index is 171. The molecule has 1 aliphatic heterocycles. The van der Waals surface area contributed by atoms with Crippen molar-refractivity contribution in [2.45, 2.75) is 18.9 Å². The zero-order chi connectivity index (χ0) is 11.3. The second-order valence-corrected chi connectivity index (χ2v) is 7.25. The molecule has 90 valence electrons. The Kier molecular flexibility index (Phi) is 5.21. The van der Waals surface area contributed by atoms with E-state index in [-0.39, 0.29) is 0 Å². The molecular weight excluding hydrogens is 210 g/mol. The van der Waals surface area contributed by atoms with Crippen LogP contribution in [0.4, 0.5) is 0 Å². The van der Waals surface area contributed by atoms with Crippen LogP contribution in [-0.4, -0.2) is 55.2 Å². The van der Waals surface area contributed by atoms with Crippen molar-refractivity contribution in [3.8, 4) is 0 Å². The van der Waals surface area contributed by atoms with Gasteiger partial charge in [-0.3, -0.25) is 0 Å². The zero-order valence-electron chi connectivity index (χ0n) is 10.3. The molecule has 5 heteroatoms. The van der Waals surface area contributed by atoms with Crippen LogP contribution in [0.15, 0.2) is 0 Å². The second-order valence-electron chi connectivity index (χ2n) is 4.25. The van der Waals surface area contributed by atoms with Gasteiger partial charge in [-0.05, 0) is 38.9 Å². The van der Waals surface area contributed by atoms with Crippen molar-refractivity contribution in [2.75, 3.05) is 41.5 Å². The van der Waals surface area contributed by atoms with E-state index in [0.29, 0.717) is 5.92 Å². The average Bonchev–Trinajstić information content (AvgIpc) is 2.29. The van der Waals surface area contributed by atoms with Gasteiger partial charge in [-0.25, -0.2) is 0 Å². The predicted octanol–water partition coefficient (Wildman–Crippen LogP) is 1.21. The van der Waals surface area contributed by atoms with Gasteiger partial charge in [-0.2, -0.15) is 0 Å². The quantitative estimate of drug-likeness (QED) is 0.668. The number of nitrogens with zero attached hydrogens (tertiary/aromatic N) is 1. The third kappa shape index (κ3) is 3.53. The first-order valence-corrected chi connectivity index (χ1v) is 7.43. The van der Waals surface area contributed by atoms with Crippen LogP contribution >= 0.6 is 0 Å². The largest absolute Gasteiger partial charge is 0.500 e. The maximum atomic E-state index is 5.45. The third-order valence-electron chi connectivity index (χ3n) is 3.31. The molecule has 0 bridgehead atoms. The van der Waals surface area contributed by atoms with E-state index in [2.05, 4.69) is 11.9 Å². The summed E-state index contributed by atoms with van der Waals surface area (Å²) in [6.45, 7) is 2.35. The Morgan fingerprint density at radius 3 is 1.93 bits per heavy atom. The van der Waals surface area contributed by atoms with E-state index < -0.39 is 8.80 Å². The van der Waals surface area contributed by atoms with Crippen molar-refractivity contribution in [1.29, 1.82) is 0 Å². The van der Waals surface area contributed by atoms with Crippen LogP contribution in [0.3, 0.4) is 0 Å². The summed E-state index contributed by atoms with van der Waals surface area (Å²) in [7, 11) is 4.89. The summed E-state index contributed by atoms with van der Waals surface area (Å²) in [4.78, 5) is 2.37. The maximum Gasteiger partial charge on any atom is 0.500 e. The summed E-state index contributed by atoms with van der Waals surface area (Å²) in [5.74, 6) is 0.688. The lowest BCUT2D eigenvalue weighted by molar-refractivity contribution is 0.111. The molecule has 1 aliphatic rings. The summed E-state index contributed by atoms with van der Waals surface area (Å²) >= 11 is 0. The number of rotatable bonds is 5. The Labute approximate surface area is 93.9 Å². The second kappa shape index (κ2) is 5.96. The minimum Gasteiger partial charge on any atom is -0.377 e. The number of piperidine rings is 1. The molecule has 0 spiro atoms. The fraction of sp³-hybridized carbons (Fsp3) is 1.00. The maximum absolute atomic E-state index is 5.45. The van der Waals surface area contributed by atoms with E-state index in [1.54, 1.807) is 21.3 Å². The molecule has 1 heterocycles. The normalized spacial score (nSPS) is 20.8. The molecule has 0 radical (unpaired) electrons. The lowest BCUT2D eigenvalue weighted by Crippen LogP contribution is -2.46. The highest BCUT2D eigenvalue weighted by Gasteiger charge is 2.40. The minimum absolute atomic E-state index is 0.688. The van der Waals surface area contributed by atoms with Gasteiger partial charge in [0.05, 0.1) is 0 Å². The van der Waals surface area contributed by atoms with Crippen LogP contribution < -0.4 is 0 Å². The van der Waals surface area contributed by atoms with Gasteiger partial charge in [-0.1, -0.05) is 0 Å². The fourth-order valence-electron chi connectivity index (χ4n) is 2.12. The number of hydrogen-bond acceptors (Lipinski definition) is 4. The fourth-order valence-corrected chi connectivity index (χ4v) is 4.24. The molecule has 0 aromatic heterocycles. The van der Waals surface area contributed by atoms with Gasteiger partial charge >= 0.3 is 8.80 Å². The molecule has 1 saturated heterocycles. The molecule has 1 rings (SSSR count). The molecule has 0 aromatic carbocycles. The topological polar surface area (TPSA) is 30.9 Å². The molecular formula is C10H23NO3Si. The highest BCUT2D eigenvalue weighted by atomic mass is 28.4. The predicted molar refractivity (Wildman–Crippen MR) is 61.8 cm³/mol. The highest BCUT2D eigenvalue weighted by molar-refractivity contribution is 6.60. The summed E-state index contributed by atoms with van der Waals surface area (Å²) in [6, 6.07) is 0.949. The third-order valence-corrected chi connectivity index (χ3v) is 6.25. The molecule has 0 amide bonds. The first-order valence-electron chi connectivity index (χ1n) is 5.50. The Hall–Kier alpha value is 0.0569. The van der Waals surface area contributed by atoms with E-state index in [1.807, 2.05) is 0 Å². The Morgan fingerprint density at radius 1 is 1.07 bits per heavy atom. The van der Waals surface area contributed by atoms with Crippen LogP contribution in [0.25, 0.3) is 0 Å². The number of hydrogen-bond donors (Lipinski definition) is 0. The van der Waals surface area contributed by atoms with Crippen LogP contribution in [0.2, 0.25) is 6.04 Å². The molecule has 0 saturated carbocycles. The monoisotopic (exact) mass is 233 g/mol. The van der Waals surface area contributed by atoms with Crippen LogP contribution in [-0.2, 0) is 13.3 Å². The van der Waals surface area contributed by atoms with Crippen molar-refractivity contribution in [1.82, 2.24) is 4.90 Å². The van der Waals surface area contributed by atoms with E-state index in [1.165, 1.54) is 25.9 Å². The van der Waals surface area contributed by atoms with Gasteiger partial charge in [-0.15, -0.1) is 0 Å². The first-order chi connectivity index (χ1) is 7.15. The van der Waals surface area contributed by atoms with Crippen LogP contribution in [0.5, 0.6) is 0 Å². The molecule has 0 atom stereocenters. The van der Waals surface area contributed by atoms with Crippen molar-refractivity contribution < 1.29 is 13.3 Å². The summed E-state index contributed by atoms with van der Waals surface area (Å²) < 4.78 is 16.3. The van der Waals surface area contributed by atoms with Crippen molar-refractivity contribution in [3.05, 3.63) is 0 Å². The lowest BCUT2D eigenvalue weighted by Gasteiger charge is -2.33.